The van der Waals surface area contributed by atoms with Gasteiger partial charge in [0.15, 0.2) is 0 Å². The van der Waals surface area contributed by atoms with Gasteiger partial charge in [-0.05, 0) is 36.8 Å². The number of furan rings is 1. The summed E-state index contributed by atoms with van der Waals surface area (Å²) in [7, 11) is 3.64. The number of nitrogens with zero attached hydrogens (tertiary/aromatic N) is 2. The molecule has 1 saturated heterocycles. The Morgan fingerprint density at radius 3 is 3.04 bits per heavy atom. The molecule has 1 aliphatic rings. The normalized spacial score (nSPS) is 20.4. The van der Waals surface area contributed by atoms with E-state index < -0.39 is 0 Å². The van der Waals surface area contributed by atoms with Gasteiger partial charge in [-0.2, -0.15) is 5.10 Å². The van der Waals surface area contributed by atoms with Crippen LogP contribution in [0, 0.1) is 5.92 Å². The second-order valence-electron chi connectivity index (χ2n) is 6.47. The van der Waals surface area contributed by atoms with Crippen molar-refractivity contribution in [1.82, 2.24) is 15.1 Å². The maximum absolute atomic E-state index is 5.93. The van der Waals surface area contributed by atoms with E-state index in [4.69, 9.17) is 13.9 Å². The molecule has 4 rings (SSSR count). The Kier molecular flexibility index (Phi) is 4.46. The fourth-order valence-electron chi connectivity index (χ4n) is 3.50. The predicted molar refractivity (Wildman–Crippen MR) is 94.5 cm³/mol. The Bertz CT molecular complexity index is 855. The summed E-state index contributed by atoms with van der Waals surface area (Å²) < 4.78 is 19.0. The van der Waals surface area contributed by atoms with Gasteiger partial charge in [0.1, 0.15) is 23.2 Å². The smallest absolute Gasteiger partial charge is 0.134 e. The average Bonchev–Trinajstić information content (AvgIpc) is 3.33. The first kappa shape index (κ1) is 16.2. The molecule has 0 bridgehead atoms. The second kappa shape index (κ2) is 6.90. The van der Waals surface area contributed by atoms with Crippen LogP contribution in [0.1, 0.15) is 24.0 Å². The van der Waals surface area contributed by atoms with Gasteiger partial charge in [-0.15, -0.1) is 0 Å². The van der Waals surface area contributed by atoms with Crippen LogP contribution in [0.25, 0.3) is 11.0 Å². The molecular formula is C19H23N3O3. The lowest BCUT2D eigenvalue weighted by molar-refractivity contribution is 0.0837. The Morgan fingerprint density at radius 2 is 2.24 bits per heavy atom. The minimum Gasteiger partial charge on any atom is -0.497 e. The van der Waals surface area contributed by atoms with Crippen molar-refractivity contribution in [2.24, 2.45) is 13.0 Å². The first-order chi connectivity index (χ1) is 12.2. The standard InChI is InChI=1S/C19H23N3O3/c1-22-17(5-7-21-22)19-13(6-8-24-19)11-20-12-16-10-14-9-15(23-2)3-4-18(14)25-16/h3-5,7,9-10,13,19-20H,6,8,11-12H2,1-2H3/t13-,19+/m0/s1. The molecular weight excluding hydrogens is 318 g/mol. The fourth-order valence-corrected chi connectivity index (χ4v) is 3.50. The van der Waals surface area contributed by atoms with Gasteiger partial charge in [0.25, 0.3) is 0 Å². The number of methoxy groups -OCH3 is 1. The van der Waals surface area contributed by atoms with Crippen LogP contribution in [0.15, 0.2) is 40.9 Å². The number of aromatic nitrogens is 2. The highest BCUT2D eigenvalue weighted by molar-refractivity contribution is 5.79. The SMILES string of the molecule is COc1ccc2oc(CNC[C@@H]3CCO[C@H]3c3ccnn3C)cc2c1. The number of fused-ring (bicyclic) bond motifs is 1. The van der Waals surface area contributed by atoms with Crippen molar-refractivity contribution >= 4 is 11.0 Å². The number of hydrogen-bond acceptors (Lipinski definition) is 5. The van der Waals surface area contributed by atoms with Gasteiger partial charge in [0.05, 0.1) is 19.3 Å². The van der Waals surface area contributed by atoms with E-state index in [1.807, 2.05) is 42.2 Å². The zero-order chi connectivity index (χ0) is 17.2. The fraction of sp³-hybridized carbons (Fsp3) is 0.421. The number of nitrogens with one attached hydrogen (secondary N) is 1. The number of hydrogen-bond donors (Lipinski definition) is 1. The molecule has 1 fully saturated rings. The van der Waals surface area contributed by atoms with Crippen molar-refractivity contribution in [1.29, 1.82) is 0 Å². The highest BCUT2D eigenvalue weighted by Gasteiger charge is 2.31. The largest absolute Gasteiger partial charge is 0.497 e. The molecule has 132 valence electrons. The molecule has 1 N–H and O–H groups in total. The summed E-state index contributed by atoms with van der Waals surface area (Å²) in [5.74, 6) is 2.22. The highest BCUT2D eigenvalue weighted by Crippen LogP contribution is 2.33. The Balaban J connectivity index is 1.38. The summed E-state index contributed by atoms with van der Waals surface area (Å²) in [5, 5.41) is 8.83. The Hall–Kier alpha value is -2.31. The second-order valence-corrected chi connectivity index (χ2v) is 6.47. The molecule has 1 aliphatic heterocycles. The molecule has 6 heteroatoms. The molecule has 0 unspecified atom stereocenters. The summed E-state index contributed by atoms with van der Waals surface area (Å²) in [4.78, 5) is 0. The Morgan fingerprint density at radius 1 is 1.32 bits per heavy atom. The van der Waals surface area contributed by atoms with Gasteiger partial charge in [0, 0.05) is 37.7 Å². The summed E-state index contributed by atoms with van der Waals surface area (Å²) in [5.41, 5.74) is 2.02. The third-order valence-corrected chi connectivity index (χ3v) is 4.84. The number of rotatable bonds is 6. The lowest BCUT2D eigenvalue weighted by atomic mass is 9.99. The summed E-state index contributed by atoms with van der Waals surface area (Å²) in [6.07, 6.45) is 2.99. The quantitative estimate of drug-likeness (QED) is 0.747. The lowest BCUT2D eigenvalue weighted by Crippen LogP contribution is -2.25. The van der Waals surface area contributed by atoms with E-state index in [0.29, 0.717) is 12.5 Å². The van der Waals surface area contributed by atoms with Crippen LogP contribution in [0.4, 0.5) is 0 Å². The predicted octanol–water partition coefficient (Wildman–Crippen LogP) is 3.04. The topological polar surface area (TPSA) is 61.4 Å². The van der Waals surface area contributed by atoms with E-state index in [-0.39, 0.29) is 6.10 Å². The van der Waals surface area contributed by atoms with Crippen molar-refractivity contribution < 1.29 is 13.9 Å². The molecule has 0 radical (unpaired) electrons. The van der Waals surface area contributed by atoms with Crippen LogP contribution in [0.5, 0.6) is 5.75 Å². The highest BCUT2D eigenvalue weighted by atomic mass is 16.5. The van der Waals surface area contributed by atoms with Crippen molar-refractivity contribution in [2.45, 2.75) is 19.1 Å². The number of ether oxygens (including phenoxy) is 2. The van der Waals surface area contributed by atoms with Crippen LogP contribution in [-0.2, 0) is 18.3 Å². The van der Waals surface area contributed by atoms with Crippen molar-refractivity contribution in [3.05, 3.63) is 48.0 Å². The molecule has 1 aromatic carbocycles. The van der Waals surface area contributed by atoms with E-state index in [2.05, 4.69) is 16.5 Å². The van der Waals surface area contributed by atoms with Crippen LogP contribution in [-0.4, -0.2) is 30.0 Å². The maximum atomic E-state index is 5.93. The van der Waals surface area contributed by atoms with Crippen molar-refractivity contribution in [3.63, 3.8) is 0 Å². The van der Waals surface area contributed by atoms with Crippen LogP contribution < -0.4 is 10.1 Å². The van der Waals surface area contributed by atoms with Gasteiger partial charge in [-0.1, -0.05) is 0 Å². The molecule has 3 heterocycles. The zero-order valence-corrected chi connectivity index (χ0v) is 14.6. The molecule has 2 aromatic heterocycles. The molecule has 6 nitrogen and oxygen atoms in total. The first-order valence-corrected chi connectivity index (χ1v) is 8.61. The van der Waals surface area contributed by atoms with Crippen LogP contribution in [0.2, 0.25) is 0 Å². The average molecular weight is 341 g/mol. The van der Waals surface area contributed by atoms with E-state index in [1.165, 1.54) is 0 Å². The summed E-state index contributed by atoms with van der Waals surface area (Å²) in [6, 6.07) is 9.95. The lowest BCUT2D eigenvalue weighted by Gasteiger charge is -2.19. The monoisotopic (exact) mass is 341 g/mol. The first-order valence-electron chi connectivity index (χ1n) is 8.61. The third-order valence-electron chi connectivity index (χ3n) is 4.84. The van der Waals surface area contributed by atoms with Gasteiger partial charge in [0.2, 0.25) is 0 Å². The summed E-state index contributed by atoms with van der Waals surface area (Å²) in [6.45, 7) is 2.38. The molecule has 0 spiro atoms. The Labute approximate surface area is 146 Å². The van der Waals surface area contributed by atoms with Gasteiger partial charge >= 0.3 is 0 Å². The van der Waals surface area contributed by atoms with Crippen molar-refractivity contribution in [2.75, 3.05) is 20.3 Å². The number of aryl methyl sites for hydroxylation is 1. The van der Waals surface area contributed by atoms with E-state index in [9.17, 15) is 0 Å². The van der Waals surface area contributed by atoms with E-state index >= 15 is 0 Å². The molecule has 25 heavy (non-hydrogen) atoms. The van der Waals surface area contributed by atoms with Gasteiger partial charge in [-0.25, -0.2) is 0 Å². The zero-order valence-electron chi connectivity index (χ0n) is 14.6. The van der Waals surface area contributed by atoms with Crippen molar-refractivity contribution in [3.8, 4) is 5.75 Å². The molecule has 0 amide bonds. The molecule has 0 aliphatic carbocycles. The molecule has 3 aromatic rings. The molecule has 2 atom stereocenters. The van der Waals surface area contributed by atoms with Crippen LogP contribution >= 0.6 is 0 Å². The molecule has 0 saturated carbocycles. The maximum Gasteiger partial charge on any atom is 0.134 e. The minimum absolute atomic E-state index is 0.111. The van der Waals surface area contributed by atoms with E-state index in [1.54, 1.807) is 7.11 Å². The van der Waals surface area contributed by atoms with E-state index in [0.717, 1.165) is 47.7 Å². The minimum atomic E-state index is 0.111. The van der Waals surface area contributed by atoms with Gasteiger partial charge in [-0.3, -0.25) is 4.68 Å². The summed E-state index contributed by atoms with van der Waals surface area (Å²) >= 11 is 0. The number of benzene rings is 1. The third kappa shape index (κ3) is 3.27. The van der Waals surface area contributed by atoms with Gasteiger partial charge < -0.3 is 19.2 Å². The van der Waals surface area contributed by atoms with Crippen LogP contribution in [0.3, 0.4) is 0 Å².